The number of nitrogens with one attached hydrogen (secondary N) is 1. The van der Waals surface area contributed by atoms with Crippen LogP contribution in [0.3, 0.4) is 0 Å². The van der Waals surface area contributed by atoms with Gasteiger partial charge in [-0.05, 0) is 25.9 Å². The van der Waals surface area contributed by atoms with Gasteiger partial charge in [-0.2, -0.15) is 0 Å². The Kier molecular flexibility index (Phi) is 7.39. The minimum atomic E-state index is -0.427. The molecule has 0 spiro atoms. The van der Waals surface area contributed by atoms with Crippen LogP contribution in [-0.4, -0.2) is 37.1 Å². The van der Waals surface area contributed by atoms with Crippen molar-refractivity contribution in [2.24, 2.45) is 5.73 Å². The Morgan fingerprint density at radius 1 is 1.46 bits per heavy atom. The summed E-state index contributed by atoms with van der Waals surface area (Å²) in [5.41, 5.74) is 4.91. The topological polar surface area (TPSA) is 58.4 Å². The summed E-state index contributed by atoms with van der Waals surface area (Å²) in [4.78, 5) is 12.6. The lowest BCUT2D eigenvalue weighted by atomic mass is 10.4. The lowest BCUT2D eigenvalue weighted by Gasteiger charge is -2.13. The van der Waals surface area contributed by atoms with Crippen LogP contribution >= 0.6 is 0 Å². The number of hydrogen-bond acceptors (Lipinski definition) is 2. The predicted molar refractivity (Wildman–Crippen MR) is 58.8 cm³/mol. The number of rotatable bonds is 3. The van der Waals surface area contributed by atoms with Gasteiger partial charge in [0.15, 0.2) is 0 Å². The number of carbonyl (C=O) groups is 1. The number of carbonyl (C=O) groups excluding carboxylic acids is 1. The smallest absolute Gasteiger partial charge is 0.312 e. The second-order valence-electron chi connectivity index (χ2n) is 2.84. The van der Waals surface area contributed by atoms with E-state index >= 15 is 0 Å². The van der Waals surface area contributed by atoms with Crippen LogP contribution in [0.2, 0.25) is 0 Å². The molecule has 0 saturated carbocycles. The Hall–Kier alpha value is -0.770. The molecule has 13 heavy (non-hydrogen) atoms. The van der Waals surface area contributed by atoms with Gasteiger partial charge in [0.1, 0.15) is 0 Å². The number of urea groups is 1. The van der Waals surface area contributed by atoms with Gasteiger partial charge >= 0.3 is 6.03 Å². The first kappa shape index (κ1) is 12.2. The molecule has 0 unspecified atom stereocenters. The number of nitrogens with zero attached hydrogens (tertiary/aromatic N) is 1. The molecule has 0 bridgehead atoms. The second-order valence-corrected chi connectivity index (χ2v) is 2.84. The van der Waals surface area contributed by atoms with Crippen molar-refractivity contribution in [2.45, 2.75) is 26.7 Å². The van der Waals surface area contributed by atoms with Crippen molar-refractivity contribution >= 4 is 6.03 Å². The molecule has 3 N–H and O–H groups in total. The first-order chi connectivity index (χ1) is 6.29. The summed E-state index contributed by atoms with van der Waals surface area (Å²) in [6.45, 7) is 7.94. The molecular formula is C9H25N3O. The number of hydrogen-bond donors (Lipinski definition) is 2. The van der Waals surface area contributed by atoms with Crippen LogP contribution in [0.15, 0.2) is 0 Å². The number of likely N-dealkylation sites (tertiary alicyclic amines) is 1. The monoisotopic (exact) mass is 191 g/mol. The molecule has 0 aromatic carbocycles. The lowest BCUT2D eigenvalue weighted by Crippen LogP contribution is -2.36. The quantitative estimate of drug-likeness (QED) is 0.705. The third-order valence-corrected chi connectivity index (χ3v) is 1.93. The van der Waals surface area contributed by atoms with E-state index in [1.165, 1.54) is 25.9 Å². The first-order valence-electron chi connectivity index (χ1n) is 5.05. The normalized spacial score (nSPS) is 16.2. The summed E-state index contributed by atoms with van der Waals surface area (Å²) < 4.78 is 0. The average Bonchev–Trinajstić information content (AvgIpc) is 2.60. The van der Waals surface area contributed by atoms with Crippen LogP contribution in [0.1, 0.15) is 29.5 Å². The van der Waals surface area contributed by atoms with E-state index in [4.69, 9.17) is 5.73 Å². The molecule has 0 atom stereocenters. The Morgan fingerprint density at radius 3 is 2.46 bits per heavy atom. The maximum absolute atomic E-state index is 10.3. The van der Waals surface area contributed by atoms with Gasteiger partial charge in [-0.3, -0.25) is 0 Å². The molecular weight excluding hydrogens is 166 g/mol. The Bertz CT molecular complexity index is 141. The van der Waals surface area contributed by atoms with Crippen molar-refractivity contribution < 1.29 is 7.65 Å². The zero-order chi connectivity index (χ0) is 10.1. The van der Waals surface area contributed by atoms with E-state index < -0.39 is 6.03 Å². The maximum atomic E-state index is 10.3. The number of nitrogens with two attached hydrogens (primary N) is 1. The first-order valence-corrected chi connectivity index (χ1v) is 5.05. The van der Waals surface area contributed by atoms with Crippen molar-refractivity contribution in [1.82, 2.24) is 10.2 Å². The number of primary amides is 1. The summed E-state index contributed by atoms with van der Waals surface area (Å²) in [7, 11) is 0. The minimum Gasteiger partial charge on any atom is -0.352 e. The van der Waals surface area contributed by atoms with E-state index in [2.05, 4.69) is 10.2 Å². The fourth-order valence-electron chi connectivity index (χ4n) is 1.34. The third-order valence-electron chi connectivity index (χ3n) is 1.93. The third kappa shape index (κ3) is 6.40. The van der Waals surface area contributed by atoms with Gasteiger partial charge in [0.2, 0.25) is 0 Å². The summed E-state index contributed by atoms with van der Waals surface area (Å²) >= 11 is 0. The fourth-order valence-corrected chi connectivity index (χ4v) is 1.34. The van der Waals surface area contributed by atoms with Crippen molar-refractivity contribution in [3.05, 3.63) is 0 Å². The van der Waals surface area contributed by atoms with E-state index in [0.29, 0.717) is 6.54 Å². The minimum absolute atomic E-state index is 0. The van der Waals surface area contributed by atoms with Gasteiger partial charge in [0, 0.05) is 15.9 Å². The molecule has 1 aliphatic rings. The largest absolute Gasteiger partial charge is 0.352 e. The summed E-state index contributed by atoms with van der Waals surface area (Å²) in [5.74, 6) is 0. The SMILES string of the molecule is CC.NC(=O)NCCN1CCCC1.[HH].[HH]. The van der Waals surface area contributed by atoms with E-state index in [9.17, 15) is 4.79 Å². The molecule has 1 saturated heterocycles. The van der Waals surface area contributed by atoms with Crippen molar-refractivity contribution in [3.8, 4) is 0 Å². The second kappa shape index (κ2) is 7.86. The van der Waals surface area contributed by atoms with Gasteiger partial charge in [0.05, 0.1) is 0 Å². The molecule has 1 fully saturated rings. The zero-order valence-corrected chi connectivity index (χ0v) is 8.68. The average molecular weight is 191 g/mol. The highest BCUT2D eigenvalue weighted by Crippen LogP contribution is 2.05. The zero-order valence-electron chi connectivity index (χ0n) is 8.68. The molecule has 1 aliphatic heterocycles. The summed E-state index contributed by atoms with van der Waals surface area (Å²) in [6, 6.07) is -0.427. The molecule has 2 amide bonds. The summed E-state index contributed by atoms with van der Waals surface area (Å²) in [6.07, 6.45) is 2.58. The highest BCUT2D eigenvalue weighted by molar-refractivity contribution is 5.71. The molecule has 0 aromatic heterocycles. The standard InChI is InChI=1S/C7H15N3O.C2H6.2H2/c8-7(11)9-3-6-10-4-1-2-5-10;1-2;;/h1-6H2,(H3,8,9,11);1-2H3;2*1H. The highest BCUT2D eigenvalue weighted by atomic mass is 16.2. The highest BCUT2D eigenvalue weighted by Gasteiger charge is 2.09. The summed E-state index contributed by atoms with van der Waals surface area (Å²) in [5, 5.41) is 2.57. The Morgan fingerprint density at radius 2 is 2.00 bits per heavy atom. The predicted octanol–water partition coefficient (Wildman–Crippen LogP) is 1.27. The molecule has 0 radical (unpaired) electrons. The molecule has 1 heterocycles. The molecule has 4 nitrogen and oxygen atoms in total. The van der Waals surface area contributed by atoms with Crippen molar-refractivity contribution in [3.63, 3.8) is 0 Å². The van der Waals surface area contributed by atoms with Crippen LogP contribution in [0.4, 0.5) is 4.79 Å². The maximum Gasteiger partial charge on any atom is 0.312 e. The van der Waals surface area contributed by atoms with E-state index in [-0.39, 0.29) is 2.85 Å². The van der Waals surface area contributed by atoms with Gasteiger partial charge in [-0.15, -0.1) is 0 Å². The molecule has 1 rings (SSSR count). The van der Waals surface area contributed by atoms with E-state index in [1.807, 2.05) is 13.8 Å². The van der Waals surface area contributed by atoms with Crippen LogP contribution in [0, 0.1) is 0 Å². The molecule has 0 aliphatic carbocycles. The van der Waals surface area contributed by atoms with E-state index in [1.54, 1.807) is 0 Å². The lowest BCUT2D eigenvalue weighted by molar-refractivity contribution is 0.246. The Labute approximate surface area is 83.4 Å². The van der Waals surface area contributed by atoms with Gasteiger partial charge in [0.25, 0.3) is 0 Å². The van der Waals surface area contributed by atoms with Crippen LogP contribution < -0.4 is 11.1 Å². The van der Waals surface area contributed by atoms with E-state index in [0.717, 1.165) is 6.54 Å². The van der Waals surface area contributed by atoms with Gasteiger partial charge in [-0.25, -0.2) is 4.79 Å². The van der Waals surface area contributed by atoms with Gasteiger partial charge < -0.3 is 16.0 Å². The van der Waals surface area contributed by atoms with Crippen molar-refractivity contribution in [1.29, 1.82) is 0 Å². The Balaban J connectivity index is -0.000000339. The molecule has 0 aromatic rings. The van der Waals surface area contributed by atoms with Gasteiger partial charge in [-0.1, -0.05) is 13.8 Å². The van der Waals surface area contributed by atoms with Crippen LogP contribution in [0.5, 0.6) is 0 Å². The fraction of sp³-hybridized carbons (Fsp3) is 0.889. The van der Waals surface area contributed by atoms with Crippen LogP contribution in [-0.2, 0) is 0 Å². The number of amides is 2. The van der Waals surface area contributed by atoms with Crippen LogP contribution in [0.25, 0.3) is 0 Å². The van der Waals surface area contributed by atoms with Crippen molar-refractivity contribution in [2.75, 3.05) is 26.2 Å². The molecule has 82 valence electrons. The molecule has 4 heteroatoms.